The molecule has 106 valence electrons. The molecule has 0 aromatic heterocycles. The molecule has 3 nitrogen and oxygen atoms in total. The van der Waals surface area contributed by atoms with Gasteiger partial charge in [-0.3, -0.25) is 4.79 Å². The summed E-state index contributed by atoms with van der Waals surface area (Å²) in [6.45, 7) is -1.13. The van der Waals surface area contributed by atoms with Gasteiger partial charge in [0.2, 0.25) is 0 Å². The maximum atomic E-state index is 12.9. The number of aliphatic hydroxyl groups is 1. The summed E-state index contributed by atoms with van der Waals surface area (Å²) in [4.78, 5) is 11.4. The number of hydrogen-bond donors (Lipinski definition) is 2. The second kappa shape index (κ2) is 5.70. The molecule has 0 aliphatic carbocycles. The van der Waals surface area contributed by atoms with Crippen LogP contribution in [0.25, 0.3) is 0 Å². The van der Waals surface area contributed by atoms with Crippen molar-refractivity contribution in [3.8, 4) is 0 Å². The van der Waals surface area contributed by atoms with Crippen molar-refractivity contribution in [3.63, 3.8) is 0 Å². The van der Waals surface area contributed by atoms with Gasteiger partial charge in [0.1, 0.15) is 0 Å². The van der Waals surface area contributed by atoms with Crippen molar-refractivity contribution < 1.29 is 31.9 Å². The van der Waals surface area contributed by atoms with Gasteiger partial charge >= 0.3 is 6.18 Å². The molecule has 0 saturated heterocycles. The first-order chi connectivity index (χ1) is 8.62. The molecule has 19 heavy (non-hydrogen) atoms. The fraction of sp³-hybridized carbons (Fsp3) is 0.300. The van der Waals surface area contributed by atoms with Gasteiger partial charge in [-0.05, 0) is 12.1 Å². The van der Waals surface area contributed by atoms with Crippen LogP contribution in [0.1, 0.15) is 10.4 Å². The van der Waals surface area contributed by atoms with E-state index in [2.05, 4.69) is 0 Å². The molecule has 0 aliphatic heterocycles. The van der Waals surface area contributed by atoms with Crippen LogP contribution in [0.5, 0.6) is 0 Å². The predicted octanol–water partition coefficient (Wildman–Crippen LogP) is 2.27. The zero-order valence-corrected chi connectivity index (χ0v) is 9.82. The molecule has 1 atom stereocenters. The Morgan fingerprint density at radius 2 is 1.84 bits per heavy atom. The normalized spacial score (nSPS) is 13.2. The van der Waals surface area contributed by atoms with Crippen molar-refractivity contribution in [1.29, 1.82) is 0 Å². The molecule has 0 aliphatic rings. The van der Waals surface area contributed by atoms with Crippen LogP contribution in [0.3, 0.4) is 0 Å². The fourth-order valence-electron chi connectivity index (χ4n) is 1.10. The number of carbonyl (C=O) groups excluding carboxylic acids is 1. The molecule has 0 heterocycles. The van der Waals surface area contributed by atoms with Crippen LogP contribution in [0, 0.1) is 11.6 Å². The van der Waals surface area contributed by atoms with E-state index in [1.165, 1.54) is 0 Å². The largest absolute Gasteiger partial charge is 0.416 e. The second-order valence-corrected chi connectivity index (χ2v) is 3.92. The van der Waals surface area contributed by atoms with Crippen LogP contribution < -0.4 is 5.32 Å². The first-order valence-corrected chi connectivity index (χ1v) is 5.18. The van der Waals surface area contributed by atoms with Gasteiger partial charge in [-0.25, -0.2) is 8.78 Å². The molecular weight excluding hydrogens is 297 g/mol. The number of carbonyl (C=O) groups is 1. The highest BCUT2D eigenvalue weighted by Gasteiger charge is 2.38. The number of hydrogen-bond acceptors (Lipinski definition) is 2. The van der Waals surface area contributed by atoms with Crippen molar-refractivity contribution in [2.75, 3.05) is 6.54 Å². The quantitative estimate of drug-likeness (QED) is 0.665. The molecular formula is C10H7ClF5NO2. The summed E-state index contributed by atoms with van der Waals surface area (Å²) in [5.74, 6) is -3.82. The molecule has 0 radical (unpaired) electrons. The summed E-state index contributed by atoms with van der Waals surface area (Å²) in [5.41, 5.74) is -0.532. The van der Waals surface area contributed by atoms with Gasteiger partial charge in [-0.1, -0.05) is 11.6 Å². The molecule has 1 amide bonds. The monoisotopic (exact) mass is 303 g/mol. The standard InChI is InChI=1S/C10H7ClF5NO2/c11-5-2-7(13)6(12)1-4(5)9(19)17-3-8(18)10(14,15)16/h1-2,8,18H,3H2,(H,17,19). The van der Waals surface area contributed by atoms with E-state index in [9.17, 15) is 26.7 Å². The minimum atomic E-state index is -4.90. The van der Waals surface area contributed by atoms with Gasteiger partial charge in [0, 0.05) is 0 Å². The van der Waals surface area contributed by atoms with Crippen LogP contribution in [-0.4, -0.2) is 29.8 Å². The van der Waals surface area contributed by atoms with Crippen LogP contribution >= 0.6 is 11.6 Å². The highest BCUT2D eigenvalue weighted by atomic mass is 35.5. The van der Waals surface area contributed by atoms with E-state index in [4.69, 9.17) is 16.7 Å². The number of benzene rings is 1. The summed E-state index contributed by atoms with van der Waals surface area (Å²) >= 11 is 5.45. The highest BCUT2D eigenvalue weighted by molar-refractivity contribution is 6.33. The molecule has 0 spiro atoms. The molecule has 0 saturated carbocycles. The molecule has 0 fully saturated rings. The molecule has 2 N–H and O–H groups in total. The molecule has 1 unspecified atom stereocenters. The van der Waals surface area contributed by atoms with Gasteiger partial charge in [-0.2, -0.15) is 13.2 Å². The van der Waals surface area contributed by atoms with Crippen LogP contribution in [0.15, 0.2) is 12.1 Å². The lowest BCUT2D eigenvalue weighted by atomic mass is 10.2. The third-order valence-corrected chi connectivity index (χ3v) is 2.40. The first-order valence-electron chi connectivity index (χ1n) is 4.80. The topological polar surface area (TPSA) is 49.3 Å². The minimum Gasteiger partial charge on any atom is -0.382 e. The van der Waals surface area contributed by atoms with E-state index in [1.807, 2.05) is 0 Å². The summed E-state index contributed by atoms with van der Waals surface area (Å²) in [7, 11) is 0. The number of halogens is 6. The third kappa shape index (κ3) is 4.03. The molecule has 0 bridgehead atoms. The minimum absolute atomic E-state index is 0.451. The summed E-state index contributed by atoms with van der Waals surface area (Å²) < 4.78 is 61.5. The number of aliphatic hydroxyl groups excluding tert-OH is 1. The Morgan fingerprint density at radius 1 is 1.32 bits per heavy atom. The lowest BCUT2D eigenvalue weighted by molar-refractivity contribution is -0.201. The van der Waals surface area contributed by atoms with E-state index < -0.39 is 47.0 Å². The number of alkyl halides is 3. The molecule has 1 aromatic rings. The van der Waals surface area contributed by atoms with Gasteiger partial charge < -0.3 is 10.4 Å². The number of amides is 1. The Bertz CT molecular complexity index is 492. The lowest BCUT2D eigenvalue weighted by Crippen LogP contribution is -2.40. The third-order valence-electron chi connectivity index (χ3n) is 2.09. The maximum Gasteiger partial charge on any atom is 0.416 e. The zero-order chi connectivity index (χ0) is 14.8. The maximum absolute atomic E-state index is 12.9. The number of rotatable bonds is 3. The van der Waals surface area contributed by atoms with E-state index in [-0.39, 0.29) is 0 Å². The van der Waals surface area contributed by atoms with Gasteiger partial charge in [-0.15, -0.1) is 0 Å². The summed E-state index contributed by atoms with van der Waals surface area (Å²) in [5, 5.41) is 9.89. The number of nitrogens with one attached hydrogen (secondary N) is 1. The van der Waals surface area contributed by atoms with Crippen molar-refractivity contribution in [2.24, 2.45) is 0 Å². The fourth-order valence-corrected chi connectivity index (χ4v) is 1.33. The second-order valence-electron chi connectivity index (χ2n) is 3.51. The summed E-state index contributed by atoms with van der Waals surface area (Å²) in [6.07, 6.45) is -7.66. The average Bonchev–Trinajstić information content (AvgIpc) is 2.29. The van der Waals surface area contributed by atoms with Crippen LogP contribution in [0.4, 0.5) is 22.0 Å². The van der Waals surface area contributed by atoms with Crippen molar-refractivity contribution >= 4 is 17.5 Å². The summed E-state index contributed by atoms with van der Waals surface area (Å²) in [6, 6.07) is 0.971. The SMILES string of the molecule is O=C(NCC(O)C(F)(F)F)c1cc(F)c(F)cc1Cl. The lowest BCUT2D eigenvalue weighted by Gasteiger charge is -2.15. The Balaban J connectivity index is 2.77. The average molecular weight is 304 g/mol. The Morgan fingerprint density at radius 3 is 2.37 bits per heavy atom. The van der Waals surface area contributed by atoms with Crippen LogP contribution in [-0.2, 0) is 0 Å². The highest BCUT2D eigenvalue weighted by Crippen LogP contribution is 2.21. The van der Waals surface area contributed by atoms with Gasteiger partial charge in [0.05, 0.1) is 17.1 Å². The van der Waals surface area contributed by atoms with Crippen molar-refractivity contribution in [2.45, 2.75) is 12.3 Å². The van der Waals surface area contributed by atoms with Gasteiger partial charge in [0.15, 0.2) is 17.7 Å². The molecule has 9 heteroatoms. The predicted molar refractivity (Wildman–Crippen MR) is 55.8 cm³/mol. The van der Waals surface area contributed by atoms with E-state index in [0.717, 1.165) is 0 Å². The molecule has 1 rings (SSSR count). The van der Waals surface area contributed by atoms with E-state index in [1.54, 1.807) is 5.32 Å². The van der Waals surface area contributed by atoms with Crippen LogP contribution in [0.2, 0.25) is 5.02 Å². The zero-order valence-electron chi connectivity index (χ0n) is 9.06. The first kappa shape index (κ1) is 15.6. The Labute approximate surface area is 109 Å². The van der Waals surface area contributed by atoms with E-state index in [0.29, 0.717) is 12.1 Å². The van der Waals surface area contributed by atoms with E-state index >= 15 is 0 Å². The van der Waals surface area contributed by atoms with Gasteiger partial charge in [0.25, 0.3) is 5.91 Å². The Hall–Kier alpha value is -1.41. The van der Waals surface area contributed by atoms with Crippen molar-refractivity contribution in [3.05, 3.63) is 34.4 Å². The molecule has 1 aromatic carbocycles. The smallest absolute Gasteiger partial charge is 0.382 e. The van der Waals surface area contributed by atoms with Crippen molar-refractivity contribution in [1.82, 2.24) is 5.32 Å². The Kier molecular flexibility index (Phi) is 4.70.